The zero-order chi connectivity index (χ0) is 15.1. The number of hydrogen-bond acceptors (Lipinski definition) is 3. The van der Waals surface area contributed by atoms with Crippen LogP contribution in [-0.4, -0.2) is 17.1 Å². The average molecular weight is 287 g/mol. The fourth-order valence-electron chi connectivity index (χ4n) is 1.99. The summed E-state index contributed by atoms with van der Waals surface area (Å²) in [6.45, 7) is 4.09. The summed E-state index contributed by atoms with van der Waals surface area (Å²) in [4.78, 5) is 10.7. The predicted octanol–water partition coefficient (Wildman–Crippen LogP) is 2.37. The summed E-state index contributed by atoms with van der Waals surface area (Å²) in [5, 5.41) is 3.35. The van der Waals surface area contributed by atoms with Crippen LogP contribution in [0.3, 0.4) is 0 Å². The van der Waals surface area contributed by atoms with Crippen molar-refractivity contribution in [2.24, 2.45) is 5.73 Å². The number of aryl methyl sites for hydroxylation is 1. The fraction of sp³-hybridized carbons (Fsp3) is 0.312. The van der Waals surface area contributed by atoms with Gasteiger partial charge in [-0.15, -0.1) is 0 Å². The summed E-state index contributed by atoms with van der Waals surface area (Å²) in [6, 6.07) is 9.77. The summed E-state index contributed by atoms with van der Waals surface area (Å²) in [7, 11) is 0. The molecule has 5 nitrogen and oxygen atoms in total. The van der Waals surface area contributed by atoms with E-state index in [0.717, 1.165) is 24.5 Å². The lowest BCUT2D eigenvalue weighted by atomic mass is 10.2. The van der Waals surface area contributed by atoms with E-state index in [1.165, 1.54) is 5.56 Å². The molecule has 0 saturated heterocycles. The zero-order valence-corrected chi connectivity index (χ0v) is 12.2. The van der Waals surface area contributed by atoms with Crippen LogP contribution in [0.5, 0.6) is 5.75 Å². The molecule has 5 heteroatoms. The maximum atomic E-state index is 10.7. The van der Waals surface area contributed by atoms with Gasteiger partial charge in [-0.25, -0.2) is 0 Å². The topological polar surface area (TPSA) is 69.3 Å². The Hall–Kier alpha value is -2.43. The Bertz CT molecular complexity index is 593. The predicted molar refractivity (Wildman–Crippen MR) is 83.2 cm³/mol. The second-order valence-electron chi connectivity index (χ2n) is 4.76. The van der Waals surface area contributed by atoms with Gasteiger partial charge >= 0.3 is 0 Å². The molecule has 0 bridgehead atoms. The Kier molecular flexibility index (Phi) is 5.26. The number of ether oxygens (including phenoxy) is 1. The highest BCUT2D eigenvalue weighted by atomic mass is 16.5. The molecular weight excluding hydrogens is 266 g/mol. The van der Waals surface area contributed by atoms with Crippen LogP contribution >= 0.6 is 0 Å². The fourth-order valence-corrected chi connectivity index (χ4v) is 1.99. The van der Waals surface area contributed by atoms with Crippen LogP contribution in [-0.2, 0) is 17.9 Å². The van der Waals surface area contributed by atoms with Crippen LogP contribution in [0.4, 0.5) is 5.69 Å². The Labute approximate surface area is 124 Å². The van der Waals surface area contributed by atoms with Crippen molar-refractivity contribution in [1.29, 1.82) is 0 Å². The number of rotatable bonds is 8. The van der Waals surface area contributed by atoms with Gasteiger partial charge in [0.25, 0.3) is 0 Å². The van der Waals surface area contributed by atoms with Gasteiger partial charge in [-0.2, -0.15) is 0 Å². The van der Waals surface area contributed by atoms with Crippen molar-refractivity contribution in [3.63, 3.8) is 0 Å². The molecule has 1 amide bonds. The molecule has 0 fully saturated rings. The normalized spacial score (nSPS) is 10.3. The summed E-state index contributed by atoms with van der Waals surface area (Å²) >= 11 is 0. The van der Waals surface area contributed by atoms with E-state index in [-0.39, 0.29) is 12.3 Å². The van der Waals surface area contributed by atoms with Crippen molar-refractivity contribution in [3.8, 4) is 5.75 Å². The van der Waals surface area contributed by atoms with Crippen LogP contribution in [0, 0.1) is 0 Å². The molecule has 112 valence electrons. The number of carbonyl (C=O) groups excluding carboxylic acids is 1. The molecule has 0 atom stereocenters. The van der Waals surface area contributed by atoms with Crippen molar-refractivity contribution < 1.29 is 9.53 Å². The summed E-state index contributed by atoms with van der Waals surface area (Å²) in [5.41, 5.74) is 7.23. The van der Waals surface area contributed by atoms with E-state index in [4.69, 9.17) is 10.5 Å². The number of nitrogens with one attached hydrogen (secondary N) is 1. The first-order chi connectivity index (χ1) is 10.2. The highest BCUT2D eigenvalue weighted by Crippen LogP contribution is 2.24. The summed E-state index contributed by atoms with van der Waals surface area (Å²) in [5.74, 6) is 0.370. The molecule has 1 aromatic carbocycles. The number of nitrogens with two attached hydrogens (primary N) is 1. The average Bonchev–Trinajstić information content (AvgIpc) is 2.94. The molecule has 0 spiro atoms. The van der Waals surface area contributed by atoms with Crippen LogP contribution in [0.15, 0.2) is 42.7 Å². The lowest BCUT2D eigenvalue weighted by Gasteiger charge is -2.12. The molecule has 0 aliphatic carbocycles. The number of anilines is 1. The lowest BCUT2D eigenvalue weighted by molar-refractivity contribution is -0.118. The minimum absolute atomic E-state index is 0.216. The second kappa shape index (κ2) is 7.38. The Balaban J connectivity index is 1.94. The van der Waals surface area contributed by atoms with Crippen LogP contribution in [0.2, 0.25) is 0 Å². The highest BCUT2D eigenvalue weighted by molar-refractivity contribution is 5.73. The summed E-state index contributed by atoms with van der Waals surface area (Å²) in [6.07, 6.45) is 4.39. The van der Waals surface area contributed by atoms with Crippen molar-refractivity contribution >= 4 is 11.6 Å². The van der Waals surface area contributed by atoms with Gasteiger partial charge in [-0.05, 0) is 30.7 Å². The maximum absolute atomic E-state index is 10.7. The van der Waals surface area contributed by atoms with Gasteiger partial charge in [-0.1, -0.05) is 12.1 Å². The Morgan fingerprint density at radius 1 is 1.33 bits per heavy atom. The lowest BCUT2D eigenvalue weighted by Crippen LogP contribution is -2.15. The zero-order valence-electron chi connectivity index (χ0n) is 12.2. The standard InChI is InChI=1S/C16H21N3O2/c1-2-19-9-7-13(12-19)11-18-14-5-3-4-6-15(14)21-10-8-16(17)20/h3-7,9,12,18H,2,8,10-11H2,1H3,(H2,17,20). The molecule has 1 heterocycles. The van der Waals surface area contributed by atoms with Gasteiger partial charge in [0, 0.05) is 25.5 Å². The largest absolute Gasteiger partial charge is 0.491 e. The molecule has 2 rings (SSSR count). The van der Waals surface area contributed by atoms with Crippen molar-refractivity contribution in [2.45, 2.75) is 26.4 Å². The van der Waals surface area contributed by atoms with Crippen molar-refractivity contribution in [3.05, 3.63) is 48.3 Å². The number of amides is 1. The molecule has 0 radical (unpaired) electrons. The van der Waals surface area contributed by atoms with E-state index >= 15 is 0 Å². The SMILES string of the molecule is CCn1ccc(CNc2ccccc2OCCC(N)=O)c1. The monoisotopic (exact) mass is 287 g/mol. The molecule has 0 unspecified atom stereocenters. The minimum atomic E-state index is -0.360. The van der Waals surface area contributed by atoms with Crippen LogP contribution in [0.1, 0.15) is 18.9 Å². The van der Waals surface area contributed by atoms with Crippen LogP contribution < -0.4 is 15.8 Å². The molecule has 1 aromatic heterocycles. The van der Waals surface area contributed by atoms with Crippen molar-refractivity contribution in [2.75, 3.05) is 11.9 Å². The first-order valence-electron chi connectivity index (χ1n) is 7.07. The van der Waals surface area contributed by atoms with E-state index in [2.05, 4.69) is 35.3 Å². The number of primary amides is 1. The van der Waals surface area contributed by atoms with E-state index in [1.54, 1.807) is 0 Å². The summed E-state index contributed by atoms with van der Waals surface area (Å²) < 4.78 is 7.73. The van der Waals surface area contributed by atoms with Gasteiger partial charge in [0.1, 0.15) is 5.75 Å². The third-order valence-electron chi connectivity index (χ3n) is 3.15. The first-order valence-corrected chi connectivity index (χ1v) is 7.07. The minimum Gasteiger partial charge on any atom is -0.491 e. The number of aromatic nitrogens is 1. The Morgan fingerprint density at radius 3 is 2.86 bits per heavy atom. The van der Waals surface area contributed by atoms with Gasteiger partial charge in [0.15, 0.2) is 0 Å². The molecule has 0 aliphatic heterocycles. The van der Waals surface area contributed by atoms with Crippen molar-refractivity contribution in [1.82, 2.24) is 4.57 Å². The van der Waals surface area contributed by atoms with E-state index in [0.29, 0.717) is 6.61 Å². The quantitative estimate of drug-likeness (QED) is 0.783. The number of carbonyl (C=O) groups is 1. The number of nitrogens with zero attached hydrogens (tertiary/aromatic N) is 1. The number of para-hydroxylation sites is 2. The molecule has 3 N–H and O–H groups in total. The van der Waals surface area contributed by atoms with E-state index in [1.807, 2.05) is 24.3 Å². The first kappa shape index (κ1) is 15.0. The molecule has 2 aromatic rings. The third kappa shape index (κ3) is 4.56. The second-order valence-corrected chi connectivity index (χ2v) is 4.76. The Morgan fingerprint density at radius 2 is 2.14 bits per heavy atom. The highest BCUT2D eigenvalue weighted by Gasteiger charge is 2.04. The molecule has 0 aliphatic rings. The smallest absolute Gasteiger partial charge is 0.220 e. The third-order valence-corrected chi connectivity index (χ3v) is 3.15. The number of hydrogen-bond donors (Lipinski definition) is 2. The number of benzene rings is 1. The molecule has 21 heavy (non-hydrogen) atoms. The van der Waals surface area contributed by atoms with E-state index in [9.17, 15) is 4.79 Å². The molecular formula is C16H21N3O2. The van der Waals surface area contributed by atoms with Crippen LogP contribution in [0.25, 0.3) is 0 Å². The van der Waals surface area contributed by atoms with E-state index < -0.39 is 0 Å². The van der Waals surface area contributed by atoms with Gasteiger partial charge < -0.3 is 20.4 Å². The van der Waals surface area contributed by atoms with Gasteiger partial charge in [-0.3, -0.25) is 4.79 Å². The maximum Gasteiger partial charge on any atom is 0.220 e. The van der Waals surface area contributed by atoms with Gasteiger partial charge in [0.05, 0.1) is 18.7 Å². The molecule has 0 saturated carbocycles. The van der Waals surface area contributed by atoms with Gasteiger partial charge in [0.2, 0.25) is 5.91 Å².